The Morgan fingerprint density at radius 3 is 2.58 bits per heavy atom. The van der Waals surface area contributed by atoms with Crippen LogP contribution in [0.1, 0.15) is 21.5 Å². The average molecular weight is 331 g/mol. The van der Waals surface area contributed by atoms with Crippen molar-refractivity contribution in [3.05, 3.63) is 76.9 Å². The van der Waals surface area contributed by atoms with Crippen LogP contribution in [0.4, 0.5) is 13.6 Å². The smallest absolute Gasteiger partial charge is 0.407 e. The Morgan fingerprint density at radius 2 is 1.88 bits per heavy atom. The summed E-state index contributed by atoms with van der Waals surface area (Å²) in [5.41, 5.74) is 0.295. The minimum Gasteiger partial charge on any atom is -0.445 e. The van der Waals surface area contributed by atoms with Gasteiger partial charge >= 0.3 is 6.09 Å². The molecular weight excluding hydrogens is 316 g/mol. The maximum absolute atomic E-state index is 13.8. The molecule has 1 N–H and O–H groups in total. The van der Waals surface area contributed by atoms with Gasteiger partial charge in [-0.2, -0.15) is 0 Å². The van der Waals surface area contributed by atoms with Crippen LogP contribution in [0, 0.1) is 11.6 Å². The number of carbonyl (C=O) groups excluding carboxylic acids is 2. The standard InChI is InChI=1S/C18H15F2NO3/c19-16-9-8-14(17(20)15(16)11-22)7-4-10-21-18(23)24-12-13-5-2-1-3-6-13/h1-9,11H,10,12H2,(H,21,23). The first-order valence-corrected chi connectivity index (χ1v) is 7.16. The normalized spacial score (nSPS) is 10.6. The van der Waals surface area contributed by atoms with Gasteiger partial charge in [0, 0.05) is 12.1 Å². The molecular formula is C18H15F2NO3. The largest absolute Gasteiger partial charge is 0.445 e. The molecule has 0 saturated carbocycles. The lowest BCUT2D eigenvalue weighted by atomic mass is 10.1. The zero-order valence-electron chi connectivity index (χ0n) is 12.7. The van der Waals surface area contributed by atoms with Crippen LogP contribution < -0.4 is 5.32 Å². The van der Waals surface area contributed by atoms with Gasteiger partial charge in [0.05, 0.1) is 5.56 Å². The highest BCUT2D eigenvalue weighted by molar-refractivity contribution is 5.77. The lowest BCUT2D eigenvalue weighted by Gasteiger charge is -2.05. The third-order valence-electron chi connectivity index (χ3n) is 3.15. The van der Waals surface area contributed by atoms with E-state index in [1.165, 1.54) is 18.2 Å². The number of hydrogen-bond donors (Lipinski definition) is 1. The number of nitrogens with one attached hydrogen (secondary N) is 1. The Labute approximate surface area is 137 Å². The molecule has 0 saturated heterocycles. The van der Waals surface area contributed by atoms with E-state index >= 15 is 0 Å². The Kier molecular flexibility index (Phi) is 6.19. The van der Waals surface area contributed by atoms with E-state index in [1.807, 2.05) is 30.3 Å². The number of alkyl carbamates (subject to hydrolysis) is 1. The van der Waals surface area contributed by atoms with Gasteiger partial charge in [-0.3, -0.25) is 4.79 Å². The minimum atomic E-state index is -0.937. The lowest BCUT2D eigenvalue weighted by Crippen LogP contribution is -2.24. The lowest BCUT2D eigenvalue weighted by molar-refractivity contribution is 0.111. The first-order chi connectivity index (χ1) is 11.6. The molecule has 1 amide bonds. The molecule has 0 heterocycles. The topological polar surface area (TPSA) is 55.4 Å². The zero-order chi connectivity index (χ0) is 17.4. The highest BCUT2D eigenvalue weighted by Gasteiger charge is 2.10. The van der Waals surface area contributed by atoms with Crippen LogP contribution in [0.3, 0.4) is 0 Å². The molecule has 0 aliphatic rings. The molecule has 4 nitrogen and oxygen atoms in total. The molecule has 0 aliphatic carbocycles. The summed E-state index contributed by atoms with van der Waals surface area (Å²) in [7, 11) is 0. The van der Waals surface area contributed by atoms with E-state index in [0.29, 0.717) is 0 Å². The van der Waals surface area contributed by atoms with Crippen molar-refractivity contribution in [3.8, 4) is 0 Å². The molecule has 0 bridgehead atoms. The predicted molar refractivity (Wildman–Crippen MR) is 85.4 cm³/mol. The van der Waals surface area contributed by atoms with Gasteiger partial charge in [-0.1, -0.05) is 42.5 Å². The number of carbonyl (C=O) groups is 2. The fourth-order valence-corrected chi connectivity index (χ4v) is 1.93. The summed E-state index contributed by atoms with van der Waals surface area (Å²) in [6.07, 6.45) is 2.33. The molecule has 124 valence electrons. The van der Waals surface area contributed by atoms with Gasteiger partial charge in [0.2, 0.25) is 0 Å². The summed E-state index contributed by atoms with van der Waals surface area (Å²) < 4.78 is 32.0. The number of benzene rings is 2. The summed E-state index contributed by atoms with van der Waals surface area (Å²) in [6.45, 7) is 0.243. The Morgan fingerprint density at radius 1 is 1.12 bits per heavy atom. The van der Waals surface area contributed by atoms with Crippen LogP contribution in [-0.2, 0) is 11.3 Å². The van der Waals surface area contributed by atoms with Crippen molar-refractivity contribution in [1.29, 1.82) is 0 Å². The molecule has 2 aromatic rings. The first kappa shape index (κ1) is 17.3. The average Bonchev–Trinajstić information content (AvgIpc) is 2.60. The molecule has 24 heavy (non-hydrogen) atoms. The second-order valence-corrected chi connectivity index (χ2v) is 4.83. The number of ether oxygens (including phenoxy) is 1. The van der Waals surface area contributed by atoms with Gasteiger partial charge in [-0.25, -0.2) is 13.6 Å². The summed E-state index contributed by atoms with van der Waals surface area (Å²) in [5, 5.41) is 2.47. The van der Waals surface area contributed by atoms with Crippen LogP contribution in [0.25, 0.3) is 6.08 Å². The van der Waals surface area contributed by atoms with E-state index in [1.54, 1.807) is 0 Å². The SMILES string of the molecule is O=Cc1c(F)ccc(C=CCNC(=O)OCc2ccccc2)c1F. The number of amides is 1. The van der Waals surface area contributed by atoms with E-state index in [2.05, 4.69) is 5.32 Å². The third kappa shape index (κ3) is 4.74. The summed E-state index contributed by atoms with van der Waals surface area (Å²) in [4.78, 5) is 22.1. The minimum absolute atomic E-state index is 0.0537. The molecule has 0 aromatic heterocycles. The molecule has 0 fully saturated rings. The molecule has 0 aliphatic heterocycles. The Bertz CT molecular complexity index is 745. The summed E-state index contributed by atoms with van der Waals surface area (Å²) in [5.74, 6) is -1.85. The molecule has 2 aromatic carbocycles. The second-order valence-electron chi connectivity index (χ2n) is 4.83. The van der Waals surface area contributed by atoms with Crippen molar-refractivity contribution in [3.63, 3.8) is 0 Å². The third-order valence-corrected chi connectivity index (χ3v) is 3.15. The monoisotopic (exact) mass is 331 g/mol. The van der Waals surface area contributed by atoms with Crippen molar-refractivity contribution in [1.82, 2.24) is 5.32 Å². The number of halogens is 2. The quantitative estimate of drug-likeness (QED) is 0.821. The van der Waals surface area contributed by atoms with E-state index in [-0.39, 0.29) is 25.0 Å². The van der Waals surface area contributed by atoms with Gasteiger partial charge in [0.25, 0.3) is 0 Å². The van der Waals surface area contributed by atoms with Crippen LogP contribution in [0.2, 0.25) is 0 Å². The van der Waals surface area contributed by atoms with Crippen LogP contribution >= 0.6 is 0 Å². The second kappa shape index (κ2) is 8.57. The van der Waals surface area contributed by atoms with E-state index in [4.69, 9.17) is 4.74 Å². The zero-order valence-corrected chi connectivity index (χ0v) is 12.7. The molecule has 2 rings (SSSR count). The van der Waals surface area contributed by atoms with Crippen molar-refractivity contribution in [2.24, 2.45) is 0 Å². The van der Waals surface area contributed by atoms with Crippen LogP contribution in [0.5, 0.6) is 0 Å². The summed E-state index contributed by atoms with van der Waals surface area (Å²) in [6, 6.07) is 11.4. The van der Waals surface area contributed by atoms with Crippen molar-refractivity contribution in [2.45, 2.75) is 6.61 Å². The fourth-order valence-electron chi connectivity index (χ4n) is 1.93. The maximum Gasteiger partial charge on any atom is 0.407 e. The Hall–Kier alpha value is -3.02. The van der Waals surface area contributed by atoms with Gasteiger partial charge < -0.3 is 10.1 Å². The molecule has 0 spiro atoms. The van der Waals surface area contributed by atoms with Gasteiger partial charge in [-0.15, -0.1) is 0 Å². The highest BCUT2D eigenvalue weighted by Crippen LogP contribution is 2.16. The van der Waals surface area contributed by atoms with Crippen molar-refractivity contribution < 1.29 is 23.1 Å². The van der Waals surface area contributed by atoms with E-state index < -0.39 is 23.3 Å². The van der Waals surface area contributed by atoms with Crippen LogP contribution in [0.15, 0.2) is 48.5 Å². The van der Waals surface area contributed by atoms with Crippen LogP contribution in [-0.4, -0.2) is 18.9 Å². The first-order valence-electron chi connectivity index (χ1n) is 7.16. The number of rotatable bonds is 6. The maximum atomic E-state index is 13.8. The highest BCUT2D eigenvalue weighted by atomic mass is 19.1. The predicted octanol–water partition coefficient (Wildman–Crippen LogP) is 3.72. The summed E-state index contributed by atoms with van der Waals surface area (Å²) >= 11 is 0. The van der Waals surface area contributed by atoms with E-state index in [0.717, 1.165) is 11.6 Å². The van der Waals surface area contributed by atoms with Gasteiger partial charge in [-0.05, 0) is 17.7 Å². The molecule has 0 radical (unpaired) electrons. The van der Waals surface area contributed by atoms with Gasteiger partial charge in [0.15, 0.2) is 6.29 Å². The molecule has 0 atom stereocenters. The van der Waals surface area contributed by atoms with Crippen molar-refractivity contribution in [2.75, 3.05) is 6.54 Å². The van der Waals surface area contributed by atoms with E-state index in [9.17, 15) is 18.4 Å². The van der Waals surface area contributed by atoms with Gasteiger partial charge in [0.1, 0.15) is 18.2 Å². The molecule has 0 unspecified atom stereocenters. The molecule has 6 heteroatoms. The number of hydrogen-bond acceptors (Lipinski definition) is 3. The van der Waals surface area contributed by atoms with Crippen molar-refractivity contribution >= 4 is 18.5 Å². The fraction of sp³-hybridized carbons (Fsp3) is 0.111. The number of aldehydes is 1. The Balaban J connectivity index is 1.82.